The van der Waals surface area contributed by atoms with Gasteiger partial charge in [0.15, 0.2) is 0 Å². The van der Waals surface area contributed by atoms with Gasteiger partial charge in [-0.1, -0.05) is 6.07 Å². The number of methoxy groups -OCH3 is 1. The van der Waals surface area contributed by atoms with Crippen LogP contribution in [0.1, 0.15) is 21.5 Å². The third kappa shape index (κ3) is 4.33. The first kappa shape index (κ1) is 20.3. The van der Waals surface area contributed by atoms with E-state index in [-0.39, 0.29) is 5.91 Å². The smallest absolute Gasteiger partial charge is 0.254 e. The average Bonchev–Trinajstić information content (AvgIpc) is 2.80. The summed E-state index contributed by atoms with van der Waals surface area (Å²) in [6.07, 6.45) is 5.15. The molecule has 2 aromatic carbocycles. The number of hydrogen-bond donors (Lipinski definition) is 0. The highest BCUT2D eigenvalue weighted by Gasteiger charge is 2.17. The zero-order chi connectivity index (χ0) is 21.8. The van der Waals surface area contributed by atoms with Crippen LogP contribution in [-0.2, 0) is 6.54 Å². The summed E-state index contributed by atoms with van der Waals surface area (Å²) in [7, 11) is 3.42. The SMILES string of the molecule is COc1ccc2c(Oc3cccc(C(=O)N(C)Cc4ccncc4)c3C)ccnc2c1. The van der Waals surface area contributed by atoms with E-state index in [2.05, 4.69) is 9.97 Å². The van der Waals surface area contributed by atoms with Crippen LogP contribution >= 0.6 is 0 Å². The molecule has 156 valence electrons. The van der Waals surface area contributed by atoms with Crippen LogP contribution < -0.4 is 9.47 Å². The molecule has 6 heteroatoms. The van der Waals surface area contributed by atoms with Gasteiger partial charge in [-0.15, -0.1) is 0 Å². The van der Waals surface area contributed by atoms with Gasteiger partial charge in [0, 0.05) is 54.8 Å². The molecule has 2 heterocycles. The number of hydrogen-bond acceptors (Lipinski definition) is 5. The van der Waals surface area contributed by atoms with Crippen LogP contribution in [0.25, 0.3) is 10.9 Å². The van der Waals surface area contributed by atoms with Gasteiger partial charge >= 0.3 is 0 Å². The number of rotatable bonds is 6. The van der Waals surface area contributed by atoms with E-state index in [1.54, 1.807) is 37.6 Å². The van der Waals surface area contributed by atoms with Gasteiger partial charge in [-0.2, -0.15) is 0 Å². The van der Waals surface area contributed by atoms with Crippen molar-refractivity contribution in [3.63, 3.8) is 0 Å². The molecule has 0 N–H and O–H groups in total. The number of pyridine rings is 2. The predicted molar refractivity (Wildman–Crippen MR) is 120 cm³/mol. The molecule has 0 aliphatic rings. The van der Waals surface area contributed by atoms with Crippen molar-refractivity contribution in [2.45, 2.75) is 13.5 Å². The lowest BCUT2D eigenvalue weighted by molar-refractivity contribution is 0.0784. The second kappa shape index (κ2) is 8.83. The number of aromatic nitrogens is 2. The Balaban J connectivity index is 1.61. The van der Waals surface area contributed by atoms with Crippen molar-refractivity contribution >= 4 is 16.8 Å². The van der Waals surface area contributed by atoms with Crippen LogP contribution in [-0.4, -0.2) is 34.9 Å². The molecule has 0 spiro atoms. The van der Waals surface area contributed by atoms with Crippen LogP contribution in [0.4, 0.5) is 0 Å². The fraction of sp³-hybridized carbons (Fsp3) is 0.160. The predicted octanol–water partition coefficient (Wildman–Crippen LogP) is 5.01. The Morgan fingerprint density at radius 2 is 1.81 bits per heavy atom. The first-order valence-electron chi connectivity index (χ1n) is 9.91. The fourth-order valence-electron chi connectivity index (χ4n) is 3.43. The summed E-state index contributed by atoms with van der Waals surface area (Å²) in [4.78, 5) is 23.2. The molecule has 4 rings (SSSR count). The van der Waals surface area contributed by atoms with Gasteiger partial charge in [-0.3, -0.25) is 14.8 Å². The number of carbonyl (C=O) groups is 1. The maximum atomic E-state index is 13.1. The molecule has 0 radical (unpaired) electrons. The molecule has 2 aromatic heterocycles. The van der Waals surface area contributed by atoms with Gasteiger partial charge in [-0.05, 0) is 55.0 Å². The van der Waals surface area contributed by atoms with E-state index in [0.717, 1.165) is 27.8 Å². The lowest BCUT2D eigenvalue weighted by Crippen LogP contribution is -2.26. The molecule has 0 saturated heterocycles. The van der Waals surface area contributed by atoms with Gasteiger partial charge in [-0.25, -0.2) is 0 Å². The first-order chi connectivity index (χ1) is 15.1. The molecule has 0 atom stereocenters. The van der Waals surface area contributed by atoms with Crippen LogP contribution in [0.2, 0.25) is 0 Å². The van der Waals surface area contributed by atoms with E-state index < -0.39 is 0 Å². The summed E-state index contributed by atoms with van der Waals surface area (Å²) in [6, 6.07) is 16.8. The van der Waals surface area contributed by atoms with E-state index in [1.807, 2.05) is 61.5 Å². The van der Waals surface area contributed by atoms with E-state index in [0.29, 0.717) is 23.6 Å². The maximum Gasteiger partial charge on any atom is 0.254 e. The Kier molecular flexibility index (Phi) is 5.80. The summed E-state index contributed by atoms with van der Waals surface area (Å²) in [6.45, 7) is 2.40. The molecule has 0 aliphatic carbocycles. The maximum absolute atomic E-state index is 13.1. The summed E-state index contributed by atoms with van der Waals surface area (Å²) < 4.78 is 11.5. The molecule has 31 heavy (non-hydrogen) atoms. The van der Waals surface area contributed by atoms with Crippen molar-refractivity contribution < 1.29 is 14.3 Å². The molecule has 0 fully saturated rings. The Hall–Kier alpha value is -3.93. The van der Waals surface area contributed by atoms with Gasteiger partial charge in [0.25, 0.3) is 5.91 Å². The second-order valence-electron chi connectivity index (χ2n) is 7.24. The lowest BCUT2D eigenvalue weighted by Gasteiger charge is -2.20. The van der Waals surface area contributed by atoms with E-state index in [9.17, 15) is 4.79 Å². The molecule has 0 saturated carbocycles. The Bertz CT molecular complexity index is 1230. The number of amides is 1. The van der Waals surface area contributed by atoms with Gasteiger partial charge in [0.2, 0.25) is 0 Å². The van der Waals surface area contributed by atoms with Gasteiger partial charge in [0.05, 0.1) is 12.6 Å². The standard InChI is InChI=1S/C25H23N3O3/c1-17-20(25(29)28(2)16-18-9-12-26-13-10-18)5-4-6-23(17)31-24-11-14-27-22-15-19(30-3)7-8-21(22)24/h4-15H,16H2,1-3H3. The highest BCUT2D eigenvalue weighted by atomic mass is 16.5. The minimum atomic E-state index is -0.0657. The topological polar surface area (TPSA) is 64.6 Å². The van der Waals surface area contributed by atoms with Crippen LogP contribution in [0, 0.1) is 6.92 Å². The minimum absolute atomic E-state index is 0.0657. The summed E-state index contributed by atoms with van der Waals surface area (Å²) in [5.74, 6) is 1.97. The molecule has 4 aromatic rings. The molecule has 0 unspecified atom stereocenters. The number of nitrogens with zero attached hydrogens (tertiary/aromatic N) is 3. The number of ether oxygens (including phenoxy) is 2. The highest BCUT2D eigenvalue weighted by molar-refractivity contribution is 5.96. The molecule has 1 amide bonds. The molecule has 6 nitrogen and oxygen atoms in total. The third-order valence-electron chi connectivity index (χ3n) is 5.16. The normalized spacial score (nSPS) is 10.7. The van der Waals surface area contributed by atoms with Crippen LogP contribution in [0.15, 0.2) is 73.2 Å². The Morgan fingerprint density at radius 3 is 2.58 bits per heavy atom. The second-order valence-corrected chi connectivity index (χ2v) is 7.24. The zero-order valence-corrected chi connectivity index (χ0v) is 17.7. The van der Waals surface area contributed by atoms with Crippen molar-refractivity contribution in [1.82, 2.24) is 14.9 Å². The molecular weight excluding hydrogens is 390 g/mol. The highest BCUT2D eigenvalue weighted by Crippen LogP contribution is 2.33. The summed E-state index contributed by atoms with van der Waals surface area (Å²) in [5.41, 5.74) is 3.19. The largest absolute Gasteiger partial charge is 0.497 e. The Labute approximate surface area is 181 Å². The molecular formula is C25H23N3O3. The summed E-state index contributed by atoms with van der Waals surface area (Å²) >= 11 is 0. The van der Waals surface area contributed by atoms with Gasteiger partial charge < -0.3 is 14.4 Å². The fourth-order valence-corrected chi connectivity index (χ4v) is 3.43. The lowest BCUT2D eigenvalue weighted by atomic mass is 10.1. The van der Waals surface area contributed by atoms with Crippen molar-refractivity contribution in [2.24, 2.45) is 0 Å². The molecule has 0 bridgehead atoms. The quantitative estimate of drug-likeness (QED) is 0.445. The summed E-state index contributed by atoms with van der Waals surface area (Å²) in [5, 5.41) is 0.870. The van der Waals surface area contributed by atoms with Crippen LogP contribution in [0.3, 0.4) is 0 Å². The van der Waals surface area contributed by atoms with Crippen molar-refractivity contribution in [3.8, 4) is 17.2 Å². The zero-order valence-electron chi connectivity index (χ0n) is 17.7. The third-order valence-corrected chi connectivity index (χ3v) is 5.16. The number of benzene rings is 2. The average molecular weight is 413 g/mol. The van der Waals surface area contributed by atoms with E-state index >= 15 is 0 Å². The van der Waals surface area contributed by atoms with E-state index in [4.69, 9.17) is 9.47 Å². The number of fused-ring (bicyclic) bond motifs is 1. The van der Waals surface area contributed by atoms with Crippen molar-refractivity contribution in [1.29, 1.82) is 0 Å². The van der Waals surface area contributed by atoms with Crippen molar-refractivity contribution in [2.75, 3.05) is 14.2 Å². The van der Waals surface area contributed by atoms with E-state index in [1.165, 1.54) is 0 Å². The van der Waals surface area contributed by atoms with Crippen LogP contribution in [0.5, 0.6) is 17.2 Å². The minimum Gasteiger partial charge on any atom is -0.497 e. The Morgan fingerprint density at radius 1 is 1.00 bits per heavy atom. The number of carbonyl (C=O) groups excluding carboxylic acids is 1. The molecule has 0 aliphatic heterocycles. The van der Waals surface area contributed by atoms with Gasteiger partial charge in [0.1, 0.15) is 17.2 Å². The monoisotopic (exact) mass is 413 g/mol. The van der Waals surface area contributed by atoms with Crippen molar-refractivity contribution in [3.05, 3.63) is 89.9 Å². The first-order valence-corrected chi connectivity index (χ1v) is 9.91.